The van der Waals surface area contributed by atoms with Crippen LogP contribution in [0.1, 0.15) is 22.5 Å². The van der Waals surface area contributed by atoms with Crippen LogP contribution >= 0.6 is 22.9 Å². The van der Waals surface area contributed by atoms with E-state index in [-0.39, 0.29) is 11.7 Å². The zero-order chi connectivity index (χ0) is 17.4. The first-order valence-electron chi connectivity index (χ1n) is 8.16. The lowest BCUT2D eigenvalue weighted by Crippen LogP contribution is -2.20. The van der Waals surface area contributed by atoms with E-state index >= 15 is 0 Å². The van der Waals surface area contributed by atoms with Gasteiger partial charge < -0.3 is 10.2 Å². The lowest BCUT2D eigenvalue weighted by molar-refractivity contribution is 0.103. The molecule has 4 rings (SSSR count). The van der Waals surface area contributed by atoms with Crippen molar-refractivity contribution in [1.82, 2.24) is 0 Å². The number of halogens is 2. The molecule has 0 bridgehead atoms. The molecule has 1 saturated heterocycles. The Hall–Kier alpha value is -2.11. The Morgan fingerprint density at radius 3 is 2.72 bits per heavy atom. The maximum Gasteiger partial charge on any atom is 0.267 e. The molecule has 0 aliphatic carbocycles. The van der Waals surface area contributed by atoms with E-state index in [9.17, 15) is 9.18 Å². The van der Waals surface area contributed by atoms with Crippen LogP contribution in [0.4, 0.5) is 15.8 Å². The summed E-state index contributed by atoms with van der Waals surface area (Å²) in [6.45, 7) is 1.99. The summed E-state index contributed by atoms with van der Waals surface area (Å²) in [4.78, 5) is 15.4. The molecule has 3 nitrogen and oxygen atoms in total. The van der Waals surface area contributed by atoms with Crippen LogP contribution in [0.25, 0.3) is 10.1 Å². The number of thiophene rings is 1. The molecule has 0 atom stereocenters. The Morgan fingerprint density at radius 1 is 1.16 bits per heavy atom. The van der Waals surface area contributed by atoms with Crippen LogP contribution in [0, 0.1) is 5.82 Å². The molecular formula is C19H16ClFN2OS. The van der Waals surface area contributed by atoms with Gasteiger partial charge in [-0.05, 0) is 43.2 Å². The smallest absolute Gasteiger partial charge is 0.267 e. The van der Waals surface area contributed by atoms with Gasteiger partial charge >= 0.3 is 0 Å². The highest BCUT2D eigenvalue weighted by Gasteiger charge is 2.20. The third-order valence-electron chi connectivity index (χ3n) is 4.40. The summed E-state index contributed by atoms with van der Waals surface area (Å²) >= 11 is 7.56. The Bertz CT molecular complexity index is 950. The number of para-hydroxylation sites is 2. The molecule has 2 aromatic carbocycles. The fourth-order valence-electron chi connectivity index (χ4n) is 3.18. The van der Waals surface area contributed by atoms with E-state index in [1.54, 1.807) is 6.07 Å². The van der Waals surface area contributed by atoms with Gasteiger partial charge in [-0.15, -0.1) is 11.3 Å². The van der Waals surface area contributed by atoms with Crippen molar-refractivity contribution < 1.29 is 9.18 Å². The number of carbonyl (C=O) groups excluding carboxylic acids is 1. The van der Waals surface area contributed by atoms with Crippen molar-refractivity contribution >= 4 is 50.3 Å². The van der Waals surface area contributed by atoms with Crippen molar-refractivity contribution in [3.8, 4) is 0 Å². The average molecular weight is 375 g/mol. The molecule has 1 amide bonds. The second kappa shape index (κ2) is 6.65. The van der Waals surface area contributed by atoms with Crippen LogP contribution in [0.2, 0.25) is 5.02 Å². The zero-order valence-electron chi connectivity index (χ0n) is 13.4. The predicted octanol–water partition coefficient (Wildman–Crippen LogP) is 5.55. The van der Waals surface area contributed by atoms with Crippen molar-refractivity contribution in [3.05, 3.63) is 58.2 Å². The maximum absolute atomic E-state index is 13.4. The van der Waals surface area contributed by atoms with Gasteiger partial charge in [-0.1, -0.05) is 23.7 Å². The molecule has 25 heavy (non-hydrogen) atoms. The molecule has 0 unspecified atom stereocenters. The lowest BCUT2D eigenvalue weighted by Gasteiger charge is -2.21. The number of hydrogen-bond donors (Lipinski definition) is 1. The molecule has 1 aliphatic heterocycles. The summed E-state index contributed by atoms with van der Waals surface area (Å²) in [6.07, 6.45) is 2.33. The van der Waals surface area contributed by atoms with E-state index in [0.29, 0.717) is 20.0 Å². The third-order valence-corrected chi connectivity index (χ3v) is 6.05. The summed E-state index contributed by atoms with van der Waals surface area (Å²) in [6, 6.07) is 12.1. The Labute approximate surface area is 154 Å². The molecule has 0 radical (unpaired) electrons. The van der Waals surface area contributed by atoms with E-state index in [2.05, 4.69) is 10.2 Å². The summed E-state index contributed by atoms with van der Waals surface area (Å²) in [5.41, 5.74) is 1.80. The van der Waals surface area contributed by atoms with Crippen LogP contribution in [-0.4, -0.2) is 19.0 Å². The quantitative estimate of drug-likeness (QED) is 0.652. The minimum absolute atomic E-state index is 0.266. The van der Waals surface area contributed by atoms with Gasteiger partial charge in [0.1, 0.15) is 10.7 Å². The second-order valence-electron chi connectivity index (χ2n) is 6.05. The Kier molecular flexibility index (Phi) is 4.36. The summed E-state index contributed by atoms with van der Waals surface area (Å²) in [5, 5.41) is 4.04. The lowest BCUT2D eigenvalue weighted by atomic mass is 10.2. The molecule has 128 valence electrons. The topological polar surface area (TPSA) is 32.3 Å². The number of nitrogens with one attached hydrogen (secondary N) is 1. The molecule has 2 heterocycles. The molecule has 0 saturated carbocycles. The van der Waals surface area contributed by atoms with E-state index < -0.39 is 0 Å². The fourth-order valence-corrected chi connectivity index (χ4v) is 4.61. The number of nitrogens with zero attached hydrogens (tertiary/aromatic N) is 1. The van der Waals surface area contributed by atoms with Gasteiger partial charge in [0.2, 0.25) is 0 Å². The molecule has 1 aliphatic rings. The van der Waals surface area contributed by atoms with Crippen LogP contribution < -0.4 is 10.2 Å². The third kappa shape index (κ3) is 3.10. The van der Waals surface area contributed by atoms with Gasteiger partial charge in [0.05, 0.1) is 16.4 Å². The molecule has 6 heteroatoms. The van der Waals surface area contributed by atoms with Crippen molar-refractivity contribution in [2.45, 2.75) is 12.8 Å². The van der Waals surface area contributed by atoms with Gasteiger partial charge in [-0.3, -0.25) is 4.79 Å². The summed E-state index contributed by atoms with van der Waals surface area (Å²) in [5.74, 6) is -0.602. The van der Waals surface area contributed by atoms with E-state index in [1.807, 2.05) is 24.3 Å². The monoisotopic (exact) mass is 374 g/mol. The maximum atomic E-state index is 13.4. The molecule has 0 spiro atoms. The van der Waals surface area contributed by atoms with Gasteiger partial charge in [-0.25, -0.2) is 4.39 Å². The Balaban J connectivity index is 1.66. The number of amides is 1. The Morgan fingerprint density at radius 2 is 1.92 bits per heavy atom. The highest BCUT2D eigenvalue weighted by molar-refractivity contribution is 7.21. The first-order chi connectivity index (χ1) is 12.1. The van der Waals surface area contributed by atoms with Gasteiger partial charge in [0.15, 0.2) is 0 Å². The minimum Gasteiger partial charge on any atom is -0.370 e. The molecule has 1 N–H and O–H groups in total. The molecule has 1 fully saturated rings. The highest BCUT2D eigenvalue weighted by Crippen LogP contribution is 2.37. The molecule has 3 aromatic rings. The van der Waals surface area contributed by atoms with E-state index in [1.165, 1.54) is 23.5 Å². The van der Waals surface area contributed by atoms with E-state index in [4.69, 9.17) is 11.6 Å². The number of hydrogen-bond acceptors (Lipinski definition) is 3. The SMILES string of the molecule is O=C(Nc1ccccc1N1CCCC1)c1sc2cc(F)ccc2c1Cl. The van der Waals surface area contributed by atoms with E-state index in [0.717, 1.165) is 37.3 Å². The minimum atomic E-state index is -0.336. The van der Waals surface area contributed by atoms with Crippen molar-refractivity contribution in [2.75, 3.05) is 23.3 Å². The first-order valence-corrected chi connectivity index (χ1v) is 9.36. The predicted molar refractivity (Wildman–Crippen MR) is 103 cm³/mol. The number of rotatable bonds is 3. The van der Waals surface area contributed by atoms with Gasteiger partial charge in [-0.2, -0.15) is 0 Å². The van der Waals surface area contributed by atoms with Crippen LogP contribution in [0.3, 0.4) is 0 Å². The standard InChI is InChI=1S/C19H16ClFN2OS/c20-17-13-8-7-12(21)11-16(13)25-18(17)19(24)22-14-5-1-2-6-15(14)23-9-3-4-10-23/h1-2,5-8,11H,3-4,9-10H2,(H,22,24). The largest absolute Gasteiger partial charge is 0.370 e. The normalized spacial score (nSPS) is 14.2. The average Bonchev–Trinajstić information content (AvgIpc) is 3.24. The number of anilines is 2. The molecular weight excluding hydrogens is 359 g/mol. The first kappa shape index (κ1) is 16.4. The highest BCUT2D eigenvalue weighted by atomic mass is 35.5. The van der Waals surface area contributed by atoms with Crippen LogP contribution in [0.5, 0.6) is 0 Å². The second-order valence-corrected chi connectivity index (χ2v) is 7.48. The zero-order valence-corrected chi connectivity index (χ0v) is 15.0. The fraction of sp³-hybridized carbons (Fsp3) is 0.211. The van der Waals surface area contributed by atoms with Gasteiger partial charge in [0, 0.05) is 23.2 Å². The van der Waals surface area contributed by atoms with Gasteiger partial charge in [0.25, 0.3) is 5.91 Å². The number of carbonyl (C=O) groups is 1. The summed E-state index contributed by atoms with van der Waals surface area (Å²) < 4.78 is 14.1. The van der Waals surface area contributed by atoms with Crippen molar-refractivity contribution in [2.24, 2.45) is 0 Å². The number of fused-ring (bicyclic) bond motifs is 1. The van der Waals surface area contributed by atoms with Crippen LogP contribution in [-0.2, 0) is 0 Å². The van der Waals surface area contributed by atoms with Crippen molar-refractivity contribution in [3.63, 3.8) is 0 Å². The van der Waals surface area contributed by atoms with Crippen molar-refractivity contribution in [1.29, 1.82) is 0 Å². The van der Waals surface area contributed by atoms with Crippen LogP contribution in [0.15, 0.2) is 42.5 Å². The molecule has 1 aromatic heterocycles. The number of benzene rings is 2. The summed E-state index contributed by atoms with van der Waals surface area (Å²) in [7, 11) is 0.